The quantitative estimate of drug-likeness (QED) is 0.521. The summed E-state index contributed by atoms with van der Waals surface area (Å²) in [7, 11) is 0. The maximum absolute atomic E-state index is 11.8. The summed E-state index contributed by atoms with van der Waals surface area (Å²) in [4.78, 5) is 36.1. The fourth-order valence-electron chi connectivity index (χ4n) is 1.81. The minimum atomic E-state index is -0.981. The first-order chi connectivity index (χ1) is 11.5. The standard InChI is InChI=1S/C15H14N4O5/c20-14(21)7-8-16-15(22)10-1-3-11(4-2-10)18-13-6-5-12(9-17-13)19(23)24/h1-6,9H,7-8H2,(H,16,22)(H,17,18)(H,20,21). The number of carbonyl (C=O) groups is 2. The van der Waals surface area contributed by atoms with Crippen molar-refractivity contribution in [2.75, 3.05) is 11.9 Å². The van der Waals surface area contributed by atoms with Crippen LogP contribution in [0, 0.1) is 10.1 Å². The Morgan fingerprint density at radius 3 is 2.42 bits per heavy atom. The van der Waals surface area contributed by atoms with E-state index >= 15 is 0 Å². The second kappa shape index (κ2) is 7.68. The molecule has 1 heterocycles. The highest BCUT2D eigenvalue weighted by atomic mass is 16.6. The zero-order valence-electron chi connectivity index (χ0n) is 12.4. The summed E-state index contributed by atoms with van der Waals surface area (Å²) in [6.45, 7) is 0.0564. The van der Waals surface area contributed by atoms with E-state index in [-0.39, 0.29) is 24.6 Å². The number of nitro groups is 1. The van der Waals surface area contributed by atoms with E-state index in [9.17, 15) is 19.7 Å². The van der Waals surface area contributed by atoms with Crippen LogP contribution < -0.4 is 10.6 Å². The van der Waals surface area contributed by atoms with E-state index in [0.29, 0.717) is 17.1 Å². The van der Waals surface area contributed by atoms with Crippen molar-refractivity contribution in [2.24, 2.45) is 0 Å². The molecule has 0 aliphatic carbocycles. The Balaban J connectivity index is 1.95. The number of anilines is 2. The van der Waals surface area contributed by atoms with Crippen molar-refractivity contribution >= 4 is 29.1 Å². The number of hydrogen-bond acceptors (Lipinski definition) is 6. The van der Waals surface area contributed by atoms with E-state index in [0.717, 1.165) is 6.20 Å². The number of rotatable bonds is 7. The van der Waals surface area contributed by atoms with Crippen molar-refractivity contribution < 1.29 is 19.6 Å². The summed E-state index contributed by atoms with van der Waals surface area (Å²) in [6.07, 6.45) is 1.00. The van der Waals surface area contributed by atoms with Crippen LogP contribution in [0.15, 0.2) is 42.6 Å². The van der Waals surface area contributed by atoms with Crippen LogP contribution >= 0.6 is 0 Å². The fourth-order valence-corrected chi connectivity index (χ4v) is 1.81. The molecule has 0 spiro atoms. The molecule has 2 aromatic rings. The van der Waals surface area contributed by atoms with Crippen LogP contribution in [0.1, 0.15) is 16.8 Å². The highest BCUT2D eigenvalue weighted by Crippen LogP contribution is 2.17. The summed E-state index contributed by atoms with van der Waals surface area (Å²) < 4.78 is 0. The molecule has 24 heavy (non-hydrogen) atoms. The highest BCUT2D eigenvalue weighted by Gasteiger charge is 2.07. The number of aliphatic carboxylic acids is 1. The molecule has 0 radical (unpaired) electrons. The number of nitrogens with zero attached hydrogens (tertiary/aromatic N) is 2. The first-order valence-corrected chi connectivity index (χ1v) is 6.93. The Labute approximate surface area is 136 Å². The molecule has 0 fully saturated rings. The minimum Gasteiger partial charge on any atom is -0.481 e. The number of benzene rings is 1. The van der Waals surface area contributed by atoms with Gasteiger partial charge in [0, 0.05) is 23.9 Å². The van der Waals surface area contributed by atoms with Gasteiger partial charge in [0.2, 0.25) is 0 Å². The number of hydrogen-bond donors (Lipinski definition) is 3. The van der Waals surface area contributed by atoms with Crippen LogP contribution in [0.25, 0.3) is 0 Å². The van der Waals surface area contributed by atoms with Gasteiger partial charge in [0.25, 0.3) is 11.6 Å². The van der Waals surface area contributed by atoms with Gasteiger partial charge in [0.05, 0.1) is 11.3 Å². The zero-order valence-corrected chi connectivity index (χ0v) is 12.4. The van der Waals surface area contributed by atoms with Gasteiger partial charge < -0.3 is 15.7 Å². The third-order valence-corrected chi connectivity index (χ3v) is 3.00. The Hall–Kier alpha value is -3.49. The first-order valence-electron chi connectivity index (χ1n) is 6.93. The lowest BCUT2D eigenvalue weighted by Crippen LogP contribution is -2.25. The number of nitrogens with one attached hydrogen (secondary N) is 2. The smallest absolute Gasteiger partial charge is 0.305 e. The zero-order chi connectivity index (χ0) is 17.5. The molecule has 9 heteroatoms. The topological polar surface area (TPSA) is 134 Å². The molecule has 124 valence electrons. The molecule has 1 aromatic carbocycles. The molecule has 0 aliphatic heterocycles. The monoisotopic (exact) mass is 330 g/mol. The largest absolute Gasteiger partial charge is 0.481 e. The molecule has 0 unspecified atom stereocenters. The van der Waals surface area contributed by atoms with Crippen molar-refractivity contribution in [3.8, 4) is 0 Å². The number of amides is 1. The lowest BCUT2D eigenvalue weighted by atomic mass is 10.2. The summed E-state index contributed by atoms with van der Waals surface area (Å²) in [6, 6.07) is 9.25. The van der Waals surface area contributed by atoms with Gasteiger partial charge in [-0.15, -0.1) is 0 Å². The predicted molar refractivity (Wildman–Crippen MR) is 85.2 cm³/mol. The van der Waals surface area contributed by atoms with Gasteiger partial charge in [-0.1, -0.05) is 0 Å². The Kier molecular flexibility index (Phi) is 5.40. The number of carboxylic acids is 1. The van der Waals surface area contributed by atoms with Gasteiger partial charge in [-0.05, 0) is 30.3 Å². The molecule has 1 amide bonds. The van der Waals surface area contributed by atoms with Gasteiger partial charge in [0.15, 0.2) is 0 Å². The maximum Gasteiger partial charge on any atom is 0.305 e. The van der Waals surface area contributed by atoms with Crippen molar-refractivity contribution in [1.29, 1.82) is 0 Å². The number of carbonyl (C=O) groups excluding carboxylic acids is 1. The molecule has 0 saturated heterocycles. The van der Waals surface area contributed by atoms with Crippen LogP contribution in [0.4, 0.5) is 17.2 Å². The SMILES string of the molecule is O=C(O)CCNC(=O)c1ccc(Nc2ccc([N+](=O)[O-])cn2)cc1. The van der Waals surface area contributed by atoms with Crippen LogP contribution in [0.2, 0.25) is 0 Å². The number of aromatic nitrogens is 1. The van der Waals surface area contributed by atoms with E-state index in [4.69, 9.17) is 5.11 Å². The molecule has 0 atom stereocenters. The van der Waals surface area contributed by atoms with Crippen LogP contribution in [-0.2, 0) is 4.79 Å². The molecular weight excluding hydrogens is 316 g/mol. The Morgan fingerprint density at radius 1 is 1.17 bits per heavy atom. The first kappa shape index (κ1) is 16.9. The predicted octanol–water partition coefficient (Wildman–Crippen LogP) is 1.94. The second-order valence-electron chi connectivity index (χ2n) is 4.76. The number of pyridine rings is 1. The molecule has 3 N–H and O–H groups in total. The third-order valence-electron chi connectivity index (χ3n) is 3.00. The van der Waals surface area contributed by atoms with Crippen molar-refractivity contribution in [3.05, 3.63) is 58.3 Å². The summed E-state index contributed by atoms with van der Waals surface area (Å²) >= 11 is 0. The van der Waals surface area contributed by atoms with Gasteiger partial charge in [0.1, 0.15) is 12.0 Å². The molecule has 0 saturated carbocycles. The molecule has 0 aliphatic rings. The average molecular weight is 330 g/mol. The third kappa shape index (κ3) is 4.77. The van der Waals surface area contributed by atoms with E-state index in [1.165, 1.54) is 12.1 Å². The summed E-state index contributed by atoms with van der Waals surface area (Å²) in [5, 5.41) is 24.5. The molecule has 2 rings (SSSR count). The summed E-state index contributed by atoms with van der Waals surface area (Å²) in [5.41, 5.74) is 0.940. The fraction of sp³-hybridized carbons (Fsp3) is 0.133. The van der Waals surface area contributed by atoms with Crippen molar-refractivity contribution in [2.45, 2.75) is 6.42 Å². The molecule has 9 nitrogen and oxygen atoms in total. The lowest BCUT2D eigenvalue weighted by molar-refractivity contribution is -0.385. The lowest BCUT2D eigenvalue weighted by Gasteiger charge is -2.07. The Bertz CT molecular complexity index is 743. The van der Waals surface area contributed by atoms with Gasteiger partial charge in [-0.25, -0.2) is 4.98 Å². The van der Waals surface area contributed by atoms with Crippen LogP contribution in [0.5, 0.6) is 0 Å². The van der Waals surface area contributed by atoms with E-state index in [1.807, 2.05) is 0 Å². The van der Waals surface area contributed by atoms with Crippen molar-refractivity contribution in [1.82, 2.24) is 10.3 Å². The molecular formula is C15H14N4O5. The van der Waals surface area contributed by atoms with Crippen LogP contribution in [0.3, 0.4) is 0 Å². The van der Waals surface area contributed by atoms with Gasteiger partial charge in [-0.2, -0.15) is 0 Å². The Morgan fingerprint density at radius 2 is 1.88 bits per heavy atom. The van der Waals surface area contributed by atoms with Gasteiger partial charge in [-0.3, -0.25) is 19.7 Å². The maximum atomic E-state index is 11.8. The normalized spacial score (nSPS) is 10.0. The number of carboxylic acid groups (broad SMARTS) is 1. The second-order valence-corrected chi connectivity index (χ2v) is 4.76. The van der Waals surface area contributed by atoms with E-state index in [2.05, 4.69) is 15.6 Å². The van der Waals surface area contributed by atoms with E-state index < -0.39 is 10.9 Å². The highest BCUT2D eigenvalue weighted by molar-refractivity contribution is 5.94. The van der Waals surface area contributed by atoms with Gasteiger partial charge >= 0.3 is 5.97 Å². The van der Waals surface area contributed by atoms with Crippen molar-refractivity contribution in [3.63, 3.8) is 0 Å². The van der Waals surface area contributed by atoms with Crippen LogP contribution in [-0.4, -0.2) is 33.4 Å². The van der Waals surface area contributed by atoms with E-state index in [1.54, 1.807) is 24.3 Å². The average Bonchev–Trinajstić information content (AvgIpc) is 2.55. The summed E-state index contributed by atoms with van der Waals surface area (Å²) in [5.74, 6) is -0.916. The molecule has 0 bridgehead atoms. The minimum absolute atomic E-state index is 0.0564. The molecule has 1 aromatic heterocycles.